The van der Waals surface area contributed by atoms with Crippen LogP contribution in [-0.2, 0) is 12.3 Å². The second kappa shape index (κ2) is 8.57. The number of thioether (sulfide) groups is 1. The van der Waals surface area contributed by atoms with Crippen LogP contribution < -0.4 is 5.56 Å². The van der Waals surface area contributed by atoms with Crippen LogP contribution in [0.5, 0.6) is 0 Å². The van der Waals surface area contributed by atoms with E-state index < -0.39 is 0 Å². The number of hydrogen-bond acceptors (Lipinski definition) is 6. The molecule has 2 aromatic carbocycles. The van der Waals surface area contributed by atoms with E-state index in [0.29, 0.717) is 55.7 Å². The Labute approximate surface area is 180 Å². The maximum Gasteiger partial charge on any atom is 0.262 e. The van der Waals surface area contributed by atoms with Gasteiger partial charge in [-0.05, 0) is 36.8 Å². The van der Waals surface area contributed by atoms with E-state index >= 15 is 0 Å². The molecule has 0 saturated heterocycles. The van der Waals surface area contributed by atoms with Crippen LogP contribution in [0.4, 0.5) is 0 Å². The smallest absolute Gasteiger partial charge is 0.262 e. The summed E-state index contributed by atoms with van der Waals surface area (Å²) in [6.07, 6.45) is 0.813. The van der Waals surface area contributed by atoms with Crippen LogP contribution in [0.25, 0.3) is 22.4 Å². The first-order chi connectivity index (χ1) is 14.1. The molecule has 0 unspecified atom stereocenters. The van der Waals surface area contributed by atoms with E-state index in [1.165, 1.54) is 11.8 Å². The van der Waals surface area contributed by atoms with Gasteiger partial charge in [-0.1, -0.05) is 59.2 Å². The van der Waals surface area contributed by atoms with Crippen molar-refractivity contribution in [1.29, 1.82) is 0 Å². The van der Waals surface area contributed by atoms with Gasteiger partial charge in [-0.25, -0.2) is 4.98 Å². The van der Waals surface area contributed by atoms with Crippen molar-refractivity contribution in [2.24, 2.45) is 0 Å². The molecule has 0 fully saturated rings. The Morgan fingerprint density at radius 1 is 1.14 bits per heavy atom. The van der Waals surface area contributed by atoms with Gasteiger partial charge in [-0.3, -0.25) is 9.36 Å². The van der Waals surface area contributed by atoms with Gasteiger partial charge in [0.05, 0.1) is 27.2 Å². The average molecular weight is 447 g/mol. The molecule has 0 amide bonds. The lowest BCUT2D eigenvalue weighted by atomic mass is 10.2. The summed E-state index contributed by atoms with van der Waals surface area (Å²) in [6, 6.07) is 12.4. The molecule has 148 valence electrons. The van der Waals surface area contributed by atoms with Crippen molar-refractivity contribution in [3.05, 3.63) is 68.7 Å². The number of hydrogen-bond donors (Lipinski definition) is 0. The third kappa shape index (κ3) is 4.17. The zero-order valence-corrected chi connectivity index (χ0v) is 17.8. The SMILES string of the molecule is CCCn1c(SCc2noc(-c3ccccc3Cl)n2)nc2cc(Cl)ccc2c1=O. The van der Waals surface area contributed by atoms with Gasteiger partial charge in [0.1, 0.15) is 0 Å². The van der Waals surface area contributed by atoms with E-state index in [1.54, 1.807) is 28.8 Å². The van der Waals surface area contributed by atoms with Crippen molar-refractivity contribution in [2.45, 2.75) is 30.8 Å². The summed E-state index contributed by atoms with van der Waals surface area (Å²) < 4.78 is 7.02. The molecular weight excluding hydrogens is 431 g/mol. The molecule has 0 bridgehead atoms. The second-order valence-electron chi connectivity index (χ2n) is 6.30. The summed E-state index contributed by atoms with van der Waals surface area (Å²) in [5.41, 5.74) is 1.17. The van der Waals surface area contributed by atoms with Gasteiger partial charge in [-0.2, -0.15) is 4.98 Å². The van der Waals surface area contributed by atoms with Gasteiger partial charge in [0.15, 0.2) is 11.0 Å². The fourth-order valence-corrected chi connectivity index (χ4v) is 4.14. The van der Waals surface area contributed by atoms with E-state index in [1.807, 2.05) is 25.1 Å². The number of nitrogens with zero attached hydrogens (tertiary/aromatic N) is 4. The highest BCUT2D eigenvalue weighted by molar-refractivity contribution is 7.98. The molecule has 6 nitrogen and oxygen atoms in total. The Morgan fingerprint density at radius 3 is 2.76 bits per heavy atom. The van der Waals surface area contributed by atoms with Crippen LogP contribution in [0.15, 0.2) is 56.9 Å². The van der Waals surface area contributed by atoms with Crippen molar-refractivity contribution < 1.29 is 4.52 Å². The van der Waals surface area contributed by atoms with Crippen molar-refractivity contribution in [2.75, 3.05) is 0 Å². The Balaban J connectivity index is 1.64. The predicted octanol–water partition coefficient (Wildman–Crippen LogP) is 5.46. The molecule has 0 N–H and O–H groups in total. The molecule has 0 aliphatic heterocycles. The van der Waals surface area contributed by atoms with Gasteiger partial charge in [-0.15, -0.1) is 0 Å². The molecule has 4 aromatic rings. The average Bonchev–Trinajstić information content (AvgIpc) is 3.18. The van der Waals surface area contributed by atoms with Crippen molar-refractivity contribution in [1.82, 2.24) is 19.7 Å². The summed E-state index contributed by atoms with van der Waals surface area (Å²) >= 11 is 13.6. The fourth-order valence-electron chi connectivity index (χ4n) is 2.89. The lowest BCUT2D eigenvalue weighted by Gasteiger charge is -2.11. The topological polar surface area (TPSA) is 73.8 Å². The number of fused-ring (bicyclic) bond motifs is 1. The molecule has 2 aromatic heterocycles. The molecule has 2 heterocycles. The molecule has 29 heavy (non-hydrogen) atoms. The largest absolute Gasteiger partial charge is 0.334 e. The van der Waals surface area contributed by atoms with Crippen LogP contribution in [0.2, 0.25) is 10.0 Å². The van der Waals surface area contributed by atoms with Gasteiger partial charge < -0.3 is 4.52 Å². The monoisotopic (exact) mass is 446 g/mol. The second-order valence-corrected chi connectivity index (χ2v) is 8.08. The molecule has 0 radical (unpaired) electrons. The summed E-state index contributed by atoms with van der Waals surface area (Å²) in [5, 5.41) is 6.24. The molecule has 0 spiro atoms. The molecule has 0 atom stereocenters. The normalized spacial score (nSPS) is 11.3. The Kier molecular flexibility index (Phi) is 5.89. The van der Waals surface area contributed by atoms with Gasteiger partial charge in [0.25, 0.3) is 11.4 Å². The number of benzene rings is 2. The molecule has 0 saturated carbocycles. The molecule has 0 aliphatic rings. The standard InChI is InChI=1S/C20H16Cl2N4O2S/c1-2-9-26-19(27)14-8-7-12(21)10-16(14)23-20(26)29-11-17-24-18(28-25-17)13-5-3-4-6-15(13)22/h3-8,10H,2,9,11H2,1H3. The highest BCUT2D eigenvalue weighted by Crippen LogP contribution is 2.28. The maximum atomic E-state index is 12.9. The van der Waals surface area contributed by atoms with Crippen molar-refractivity contribution in [3.63, 3.8) is 0 Å². The first-order valence-corrected chi connectivity index (χ1v) is 10.7. The molecule has 4 rings (SSSR count). The summed E-state index contributed by atoms with van der Waals surface area (Å²) in [6.45, 7) is 2.59. The van der Waals surface area contributed by atoms with Crippen LogP contribution in [0, 0.1) is 0 Å². The van der Waals surface area contributed by atoms with Crippen LogP contribution in [-0.4, -0.2) is 19.7 Å². The van der Waals surface area contributed by atoms with Crippen LogP contribution in [0.3, 0.4) is 0 Å². The highest BCUT2D eigenvalue weighted by Gasteiger charge is 2.15. The number of halogens is 2. The van der Waals surface area contributed by atoms with Gasteiger partial charge in [0, 0.05) is 11.6 Å². The Morgan fingerprint density at radius 2 is 1.97 bits per heavy atom. The van der Waals surface area contributed by atoms with Crippen molar-refractivity contribution >= 4 is 45.9 Å². The Bertz CT molecular complexity index is 1240. The summed E-state index contributed by atoms with van der Waals surface area (Å²) in [5.74, 6) is 1.25. The van der Waals surface area contributed by atoms with E-state index in [9.17, 15) is 4.79 Å². The molecular formula is C20H16Cl2N4O2S. The van der Waals surface area contributed by atoms with Crippen molar-refractivity contribution in [3.8, 4) is 11.5 Å². The zero-order chi connectivity index (χ0) is 20.4. The first-order valence-electron chi connectivity index (χ1n) is 8.97. The van der Waals surface area contributed by atoms with E-state index in [0.717, 1.165) is 6.42 Å². The molecule has 0 aliphatic carbocycles. The zero-order valence-electron chi connectivity index (χ0n) is 15.4. The minimum absolute atomic E-state index is 0.0825. The fraction of sp³-hybridized carbons (Fsp3) is 0.200. The van der Waals surface area contributed by atoms with Crippen LogP contribution >= 0.6 is 35.0 Å². The summed E-state index contributed by atoms with van der Waals surface area (Å²) in [7, 11) is 0. The minimum atomic E-state index is -0.0825. The van der Waals surface area contributed by atoms with Crippen LogP contribution in [0.1, 0.15) is 19.2 Å². The van der Waals surface area contributed by atoms with E-state index in [2.05, 4.69) is 15.1 Å². The highest BCUT2D eigenvalue weighted by atomic mass is 35.5. The third-order valence-electron chi connectivity index (χ3n) is 4.23. The molecule has 9 heteroatoms. The maximum absolute atomic E-state index is 12.9. The Hall–Kier alpha value is -2.35. The third-order valence-corrected chi connectivity index (χ3v) is 5.77. The summed E-state index contributed by atoms with van der Waals surface area (Å²) in [4.78, 5) is 21.9. The van der Waals surface area contributed by atoms with E-state index in [4.69, 9.17) is 27.7 Å². The number of rotatable bonds is 6. The number of aromatic nitrogens is 4. The first kappa shape index (κ1) is 19.9. The van der Waals surface area contributed by atoms with Gasteiger partial charge >= 0.3 is 0 Å². The minimum Gasteiger partial charge on any atom is -0.334 e. The van der Waals surface area contributed by atoms with E-state index in [-0.39, 0.29) is 5.56 Å². The quantitative estimate of drug-likeness (QED) is 0.289. The van der Waals surface area contributed by atoms with Gasteiger partial charge in [0.2, 0.25) is 0 Å². The lowest BCUT2D eigenvalue weighted by molar-refractivity contribution is 0.425. The predicted molar refractivity (Wildman–Crippen MR) is 116 cm³/mol. The lowest BCUT2D eigenvalue weighted by Crippen LogP contribution is -2.23.